The van der Waals surface area contributed by atoms with Crippen molar-refractivity contribution in [1.82, 2.24) is 20.0 Å². The molecule has 1 aliphatic heterocycles. The number of nitrogens with two attached hydrogens (primary N) is 1. The third-order valence-corrected chi connectivity index (χ3v) is 4.74. The van der Waals surface area contributed by atoms with Gasteiger partial charge in [0.05, 0.1) is 6.42 Å². The standard InChI is InChI=1S/C17H21N5OS/c18-17-20-19-15(24-17)13-16(23)22-11-9-21(10-12-22)8-4-7-14-5-2-1-3-6-14/h1-7H,8-13H2,(H2,18,20). The van der Waals surface area contributed by atoms with Gasteiger partial charge in [0.2, 0.25) is 11.0 Å². The molecule has 0 atom stereocenters. The minimum absolute atomic E-state index is 0.102. The maximum Gasteiger partial charge on any atom is 0.229 e. The molecule has 1 aliphatic rings. The van der Waals surface area contributed by atoms with E-state index in [1.54, 1.807) is 0 Å². The molecular formula is C17H21N5OS. The number of nitrogens with zero attached hydrogens (tertiary/aromatic N) is 4. The maximum absolute atomic E-state index is 12.3. The monoisotopic (exact) mass is 343 g/mol. The van der Waals surface area contributed by atoms with Gasteiger partial charge in [0.15, 0.2) is 0 Å². The zero-order valence-corrected chi connectivity index (χ0v) is 14.3. The van der Waals surface area contributed by atoms with Crippen molar-refractivity contribution in [2.75, 3.05) is 38.5 Å². The molecule has 0 aliphatic carbocycles. The van der Waals surface area contributed by atoms with E-state index in [9.17, 15) is 4.79 Å². The first-order valence-electron chi connectivity index (χ1n) is 8.00. The third-order valence-electron chi connectivity index (χ3n) is 3.98. The number of nitrogen functional groups attached to an aromatic ring is 1. The van der Waals surface area contributed by atoms with Crippen molar-refractivity contribution in [2.45, 2.75) is 6.42 Å². The van der Waals surface area contributed by atoms with Crippen molar-refractivity contribution in [3.05, 3.63) is 47.0 Å². The predicted molar refractivity (Wildman–Crippen MR) is 96.5 cm³/mol. The lowest BCUT2D eigenvalue weighted by Crippen LogP contribution is -2.49. The molecule has 7 heteroatoms. The predicted octanol–water partition coefficient (Wildman–Crippen LogP) is 1.52. The zero-order valence-electron chi connectivity index (χ0n) is 13.5. The number of amides is 1. The van der Waals surface area contributed by atoms with Gasteiger partial charge in [-0.25, -0.2) is 0 Å². The van der Waals surface area contributed by atoms with Crippen LogP contribution in [0.4, 0.5) is 5.13 Å². The highest BCUT2D eigenvalue weighted by Gasteiger charge is 2.21. The molecule has 2 heterocycles. The van der Waals surface area contributed by atoms with Gasteiger partial charge in [-0.15, -0.1) is 10.2 Å². The SMILES string of the molecule is Nc1nnc(CC(=O)N2CCN(CC=Cc3ccccc3)CC2)s1. The van der Waals surface area contributed by atoms with Crippen molar-refractivity contribution < 1.29 is 4.79 Å². The van der Waals surface area contributed by atoms with Gasteiger partial charge in [-0.3, -0.25) is 9.69 Å². The van der Waals surface area contributed by atoms with Crippen LogP contribution in [0, 0.1) is 0 Å². The van der Waals surface area contributed by atoms with E-state index in [4.69, 9.17) is 5.73 Å². The van der Waals surface area contributed by atoms with Gasteiger partial charge in [-0.1, -0.05) is 53.8 Å². The molecule has 3 rings (SSSR count). The summed E-state index contributed by atoms with van der Waals surface area (Å²) in [5, 5.41) is 8.75. The molecule has 24 heavy (non-hydrogen) atoms. The minimum Gasteiger partial charge on any atom is -0.374 e. The Bertz CT molecular complexity index is 692. The van der Waals surface area contributed by atoms with Crippen LogP contribution in [0.15, 0.2) is 36.4 Å². The summed E-state index contributed by atoms with van der Waals surface area (Å²) >= 11 is 1.28. The second kappa shape index (κ2) is 8.03. The van der Waals surface area contributed by atoms with Gasteiger partial charge in [-0.05, 0) is 5.56 Å². The number of carbonyl (C=O) groups is 1. The van der Waals surface area contributed by atoms with Gasteiger partial charge in [0, 0.05) is 32.7 Å². The highest BCUT2D eigenvalue weighted by Crippen LogP contribution is 2.13. The smallest absolute Gasteiger partial charge is 0.229 e. The molecule has 2 aromatic rings. The molecular weight excluding hydrogens is 322 g/mol. The number of benzene rings is 1. The molecule has 0 bridgehead atoms. The number of anilines is 1. The Morgan fingerprint density at radius 2 is 1.92 bits per heavy atom. The average Bonchev–Trinajstić information content (AvgIpc) is 3.01. The normalized spacial score (nSPS) is 15.9. The molecule has 6 nitrogen and oxygen atoms in total. The van der Waals surface area contributed by atoms with E-state index in [1.165, 1.54) is 16.9 Å². The highest BCUT2D eigenvalue weighted by atomic mass is 32.1. The summed E-state index contributed by atoms with van der Waals surface area (Å²) in [6, 6.07) is 10.3. The molecule has 126 valence electrons. The fourth-order valence-corrected chi connectivity index (χ4v) is 3.26. The molecule has 1 aromatic carbocycles. The zero-order chi connectivity index (χ0) is 16.8. The summed E-state index contributed by atoms with van der Waals surface area (Å²) in [5.41, 5.74) is 6.76. The van der Waals surface area contributed by atoms with Gasteiger partial charge in [0.25, 0.3) is 0 Å². The second-order valence-corrected chi connectivity index (χ2v) is 6.80. The first kappa shape index (κ1) is 16.6. The van der Waals surface area contributed by atoms with Crippen LogP contribution in [0.3, 0.4) is 0 Å². The largest absolute Gasteiger partial charge is 0.374 e. The van der Waals surface area contributed by atoms with E-state index in [2.05, 4.69) is 39.4 Å². The highest BCUT2D eigenvalue weighted by molar-refractivity contribution is 7.15. The lowest BCUT2D eigenvalue weighted by molar-refractivity contribution is -0.132. The van der Waals surface area contributed by atoms with E-state index in [1.807, 2.05) is 23.1 Å². The first-order valence-corrected chi connectivity index (χ1v) is 8.82. The lowest BCUT2D eigenvalue weighted by atomic mass is 10.2. The van der Waals surface area contributed by atoms with Crippen LogP contribution in [-0.4, -0.2) is 58.6 Å². The number of aromatic nitrogens is 2. The van der Waals surface area contributed by atoms with Crippen LogP contribution < -0.4 is 5.73 Å². The Kier molecular flexibility index (Phi) is 5.55. The quantitative estimate of drug-likeness (QED) is 0.891. The van der Waals surface area contributed by atoms with Crippen molar-refractivity contribution in [3.63, 3.8) is 0 Å². The fourth-order valence-electron chi connectivity index (χ4n) is 2.66. The van der Waals surface area contributed by atoms with Crippen molar-refractivity contribution in [3.8, 4) is 0 Å². The van der Waals surface area contributed by atoms with E-state index >= 15 is 0 Å². The molecule has 1 aromatic heterocycles. The molecule has 2 N–H and O–H groups in total. The molecule has 0 saturated carbocycles. The average molecular weight is 343 g/mol. The second-order valence-electron chi connectivity index (χ2n) is 5.71. The van der Waals surface area contributed by atoms with Crippen LogP contribution in [0.2, 0.25) is 0 Å². The Morgan fingerprint density at radius 1 is 1.17 bits per heavy atom. The summed E-state index contributed by atoms with van der Waals surface area (Å²) in [6.45, 7) is 4.20. The summed E-state index contributed by atoms with van der Waals surface area (Å²) in [4.78, 5) is 16.5. The molecule has 1 saturated heterocycles. The van der Waals surface area contributed by atoms with E-state index < -0.39 is 0 Å². The van der Waals surface area contributed by atoms with Crippen molar-refractivity contribution >= 4 is 28.5 Å². The first-order chi connectivity index (χ1) is 11.7. The summed E-state index contributed by atoms with van der Waals surface area (Å²) in [7, 11) is 0. The number of carbonyl (C=O) groups excluding carboxylic acids is 1. The number of hydrogen-bond donors (Lipinski definition) is 1. The van der Waals surface area contributed by atoms with Crippen molar-refractivity contribution in [1.29, 1.82) is 0 Å². The summed E-state index contributed by atoms with van der Waals surface area (Å²) < 4.78 is 0. The van der Waals surface area contributed by atoms with Crippen LogP contribution in [-0.2, 0) is 11.2 Å². The van der Waals surface area contributed by atoms with Crippen LogP contribution in [0.1, 0.15) is 10.6 Å². The molecule has 0 spiro atoms. The Labute approximate surface area is 145 Å². The maximum atomic E-state index is 12.3. The molecule has 1 amide bonds. The summed E-state index contributed by atoms with van der Waals surface area (Å²) in [6.07, 6.45) is 4.61. The number of rotatable bonds is 5. The lowest BCUT2D eigenvalue weighted by Gasteiger charge is -2.34. The van der Waals surface area contributed by atoms with Gasteiger partial charge >= 0.3 is 0 Å². The Hall–Kier alpha value is -2.25. The Balaban J connectivity index is 1.42. The van der Waals surface area contributed by atoms with Crippen molar-refractivity contribution in [2.24, 2.45) is 0 Å². The minimum atomic E-state index is 0.102. The number of hydrogen-bond acceptors (Lipinski definition) is 6. The third kappa shape index (κ3) is 4.62. The van der Waals surface area contributed by atoms with Gasteiger partial charge in [0.1, 0.15) is 5.01 Å². The van der Waals surface area contributed by atoms with Crippen LogP contribution in [0.5, 0.6) is 0 Å². The van der Waals surface area contributed by atoms with Gasteiger partial charge < -0.3 is 10.6 Å². The molecule has 0 radical (unpaired) electrons. The fraction of sp³-hybridized carbons (Fsp3) is 0.353. The van der Waals surface area contributed by atoms with Gasteiger partial charge in [-0.2, -0.15) is 0 Å². The van der Waals surface area contributed by atoms with E-state index in [0.29, 0.717) is 16.6 Å². The van der Waals surface area contributed by atoms with Crippen LogP contribution in [0.25, 0.3) is 6.08 Å². The topological polar surface area (TPSA) is 75.3 Å². The number of piperazine rings is 1. The van der Waals surface area contributed by atoms with E-state index in [-0.39, 0.29) is 5.91 Å². The summed E-state index contributed by atoms with van der Waals surface area (Å²) in [5.74, 6) is 0.102. The molecule has 0 unspecified atom stereocenters. The molecule has 1 fully saturated rings. The van der Waals surface area contributed by atoms with E-state index in [0.717, 1.165) is 32.7 Å². The Morgan fingerprint density at radius 3 is 2.58 bits per heavy atom. The van der Waals surface area contributed by atoms with Crippen LogP contribution >= 0.6 is 11.3 Å².